The zero-order chi connectivity index (χ0) is 22.0. The second-order valence-corrected chi connectivity index (χ2v) is 9.63. The lowest BCUT2D eigenvalue weighted by atomic mass is 9.74. The predicted molar refractivity (Wildman–Crippen MR) is 123 cm³/mol. The summed E-state index contributed by atoms with van der Waals surface area (Å²) in [7, 11) is 1.71. The summed E-state index contributed by atoms with van der Waals surface area (Å²) in [4.78, 5) is 27.3. The Morgan fingerprint density at radius 3 is 2.84 bits per heavy atom. The quantitative estimate of drug-likeness (QED) is 0.721. The number of rotatable bonds is 7. The van der Waals surface area contributed by atoms with Gasteiger partial charge in [-0.3, -0.25) is 9.69 Å². The lowest BCUT2D eigenvalue weighted by molar-refractivity contribution is -0.132. The minimum absolute atomic E-state index is 0.232. The molecule has 5 rings (SSSR count). The molecule has 1 amide bonds. The molecule has 2 aliphatic heterocycles. The number of hydrogen-bond donors (Lipinski definition) is 1. The summed E-state index contributed by atoms with van der Waals surface area (Å²) in [6, 6.07) is 10.1. The van der Waals surface area contributed by atoms with E-state index in [1.54, 1.807) is 19.5 Å². The highest BCUT2D eigenvalue weighted by atomic mass is 16.5. The molecule has 0 bridgehead atoms. The van der Waals surface area contributed by atoms with E-state index in [2.05, 4.69) is 37.2 Å². The molecule has 2 saturated heterocycles. The molecule has 32 heavy (non-hydrogen) atoms. The molecule has 1 aliphatic carbocycles. The van der Waals surface area contributed by atoms with Crippen LogP contribution < -0.4 is 15.0 Å². The van der Waals surface area contributed by atoms with E-state index in [0.29, 0.717) is 12.5 Å². The molecule has 3 aliphatic rings. The van der Waals surface area contributed by atoms with Crippen molar-refractivity contribution in [2.45, 2.75) is 32.2 Å². The van der Waals surface area contributed by atoms with Gasteiger partial charge in [0.15, 0.2) is 0 Å². The minimum Gasteiger partial charge on any atom is -0.497 e. The molecule has 3 heterocycles. The molecule has 1 aromatic heterocycles. The highest BCUT2D eigenvalue weighted by Gasteiger charge is 2.53. The Morgan fingerprint density at radius 1 is 1.22 bits per heavy atom. The van der Waals surface area contributed by atoms with Gasteiger partial charge in [0, 0.05) is 51.0 Å². The van der Waals surface area contributed by atoms with E-state index < -0.39 is 0 Å². The normalized spacial score (nSPS) is 25.8. The number of carbonyl (C=O) groups excluding carboxylic acids is 1. The van der Waals surface area contributed by atoms with Crippen molar-refractivity contribution in [1.29, 1.82) is 0 Å². The largest absolute Gasteiger partial charge is 0.497 e. The molecule has 0 unspecified atom stereocenters. The Labute approximate surface area is 190 Å². The van der Waals surface area contributed by atoms with Crippen LogP contribution >= 0.6 is 0 Å². The number of benzene rings is 1. The predicted octanol–water partition coefficient (Wildman–Crippen LogP) is 2.73. The zero-order valence-electron chi connectivity index (χ0n) is 18.9. The third-order valence-corrected chi connectivity index (χ3v) is 7.35. The number of carbonyl (C=O) groups is 1. The Hall–Kier alpha value is -2.67. The maximum absolute atomic E-state index is 13.6. The molecule has 1 aromatic carbocycles. The van der Waals surface area contributed by atoms with Crippen LogP contribution in [0.4, 0.5) is 5.95 Å². The average molecular weight is 436 g/mol. The van der Waals surface area contributed by atoms with Crippen molar-refractivity contribution in [3.05, 3.63) is 48.3 Å². The second-order valence-electron chi connectivity index (χ2n) is 9.63. The number of ether oxygens (including phenoxy) is 1. The van der Waals surface area contributed by atoms with Gasteiger partial charge in [-0.15, -0.1) is 0 Å². The molecule has 7 heteroatoms. The number of nitrogens with one attached hydrogen (secondary N) is 1. The molecule has 1 saturated carbocycles. The van der Waals surface area contributed by atoms with Crippen molar-refractivity contribution < 1.29 is 9.53 Å². The van der Waals surface area contributed by atoms with Gasteiger partial charge in [-0.1, -0.05) is 12.1 Å². The first-order valence-electron chi connectivity index (χ1n) is 11.8. The van der Waals surface area contributed by atoms with E-state index in [4.69, 9.17) is 4.74 Å². The molecule has 7 nitrogen and oxygen atoms in total. The molecular formula is C25H33N5O2. The van der Waals surface area contributed by atoms with Gasteiger partial charge in [0.25, 0.3) is 0 Å². The monoisotopic (exact) mass is 435 g/mol. The molecule has 0 radical (unpaired) electrons. The second kappa shape index (κ2) is 9.06. The van der Waals surface area contributed by atoms with Crippen LogP contribution in [0.5, 0.6) is 5.75 Å². The number of aromatic nitrogens is 2. The van der Waals surface area contributed by atoms with Crippen molar-refractivity contribution in [2.24, 2.45) is 17.3 Å². The zero-order valence-corrected chi connectivity index (χ0v) is 18.9. The summed E-state index contributed by atoms with van der Waals surface area (Å²) < 4.78 is 5.41. The van der Waals surface area contributed by atoms with Crippen LogP contribution in [0.25, 0.3) is 0 Å². The van der Waals surface area contributed by atoms with Crippen molar-refractivity contribution >= 4 is 11.9 Å². The van der Waals surface area contributed by atoms with Crippen LogP contribution in [-0.2, 0) is 11.3 Å². The summed E-state index contributed by atoms with van der Waals surface area (Å²) in [5, 5.41) is 3.31. The minimum atomic E-state index is -0.378. The number of nitrogens with zero attached hydrogens (tertiary/aromatic N) is 4. The first kappa shape index (κ1) is 21.2. The Balaban J connectivity index is 1.36. The van der Waals surface area contributed by atoms with E-state index >= 15 is 0 Å². The Morgan fingerprint density at radius 2 is 2.06 bits per heavy atom. The van der Waals surface area contributed by atoms with Gasteiger partial charge in [-0.2, -0.15) is 0 Å². The molecule has 1 N–H and O–H groups in total. The highest BCUT2D eigenvalue weighted by Crippen LogP contribution is 2.44. The Bertz CT molecular complexity index is 935. The lowest BCUT2D eigenvalue weighted by Crippen LogP contribution is -2.48. The van der Waals surface area contributed by atoms with Crippen LogP contribution in [0.3, 0.4) is 0 Å². The smallest absolute Gasteiger partial charge is 0.228 e. The number of hydrogen-bond acceptors (Lipinski definition) is 6. The summed E-state index contributed by atoms with van der Waals surface area (Å²) in [6.07, 6.45) is 7.98. The maximum atomic E-state index is 13.6. The lowest BCUT2D eigenvalue weighted by Gasteiger charge is -2.32. The van der Waals surface area contributed by atoms with E-state index in [9.17, 15) is 4.79 Å². The van der Waals surface area contributed by atoms with Crippen LogP contribution in [0, 0.1) is 17.3 Å². The van der Waals surface area contributed by atoms with Crippen molar-refractivity contribution in [3.8, 4) is 5.75 Å². The molecule has 170 valence electrons. The van der Waals surface area contributed by atoms with Gasteiger partial charge >= 0.3 is 0 Å². The van der Waals surface area contributed by atoms with E-state index in [-0.39, 0.29) is 17.2 Å². The van der Waals surface area contributed by atoms with Gasteiger partial charge in [0.05, 0.1) is 12.5 Å². The van der Waals surface area contributed by atoms with Gasteiger partial charge in [-0.25, -0.2) is 9.97 Å². The standard InChI is InChI=1S/C25H33N5O2/c1-32-22-6-2-5-20(13-22)15-29-12-3-9-25(23(31)28-14-19-7-8-19)18-30(17-21(25)16-29)24-26-10-4-11-27-24/h2,4-6,10-11,13,19,21H,3,7-9,12,14-18H2,1H3,(H,28,31)/t21-,25+/m0/s1. The fourth-order valence-electron chi connectivity index (χ4n) is 5.40. The number of fused-ring (bicyclic) bond motifs is 1. The van der Waals surface area contributed by atoms with Crippen LogP contribution in [-0.4, -0.2) is 60.6 Å². The SMILES string of the molecule is COc1cccc(CN2CCC[C@@]3(C(=O)NCC4CC4)CN(c4ncccn4)C[C@@H]3C2)c1. The number of methoxy groups -OCH3 is 1. The maximum Gasteiger partial charge on any atom is 0.228 e. The average Bonchev–Trinajstić information content (AvgIpc) is 3.61. The third kappa shape index (κ3) is 4.44. The topological polar surface area (TPSA) is 70.6 Å². The third-order valence-electron chi connectivity index (χ3n) is 7.35. The number of likely N-dealkylation sites (tertiary alicyclic amines) is 1. The summed E-state index contributed by atoms with van der Waals surface area (Å²) in [6.45, 7) is 5.11. The molecule has 2 atom stereocenters. The van der Waals surface area contributed by atoms with Gasteiger partial charge in [0.2, 0.25) is 11.9 Å². The van der Waals surface area contributed by atoms with Crippen molar-refractivity contribution in [3.63, 3.8) is 0 Å². The summed E-state index contributed by atoms with van der Waals surface area (Å²) in [5.41, 5.74) is 0.869. The van der Waals surface area contributed by atoms with Gasteiger partial charge in [-0.05, 0) is 61.9 Å². The van der Waals surface area contributed by atoms with Crippen LogP contribution in [0.2, 0.25) is 0 Å². The van der Waals surface area contributed by atoms with E-state index in [0.717, 1.165) is 57.3 Å². The molecule has 0 spiro atoms. The molecular weight excluding hydrogens is 402 g/mol. The van der Waals surface area contributed by atoms with E-state index in [1.165, 1.54) is 18.4 Å². The van der Waals surface area contributed by atoms with Crippen molar-refractivity contribution in [1.82, 2.24) is 20.2 Å². The fourth-order valence-corrected chi connectivity index (χ4v) is 5.40. The molecule has 2 aromatic rings. The summed E-state index contributed by atoms with van der Waals surface area (Å²) >= 11 is 0. The molecule has 3 fully saturated rings. The number of anilines is 1. The fraction of sp³-hybridized carbons (Fsp3) is 0.560. The van der Waals surface area contributed by atoms with E-state index in [1.807, 2.05) is 18.2 Å². The van der Waals surface area contributed by atoms with Crippen LogP contribution in [0.1, 0.15) is 31.2 Å². The van der Waals surface area contributed by atoms with Crippen molar-refractivity contribution in [2.75, 3.05) is 44.7 Å². The van der Waals surface area contributed by atoms with Gasteiger partial charge in [0.1, 0.15) is 5.75 Å². The number of amides is 1. The Kier molecular flexibility index (Phi) is 6.00. The first-order chi connectivity index (χ1) is 15.7. The summed E-state index contributed by atoms with van der Waals surface area (Å²) in [5.74, 6) is 2.78. The van der Waals surface area contributed by atoms with Crippen LogP contribution in [0.15, 0.2) is 42.7 Å². The highest BCUT2D eigenvalue weighted by molar-refractivity contribution is 5.84. The van der Waals surface area contributed by atoms with Gasteiger partial charge < -0.3 is 15.0 Å². The first-order valence-corrected chi connectivity index (χ1v) is 11.8.